The summed E-state index contributed by atoms with van der Waals surface area (Å²) in [6.45, 7) is 8.37. The molecule has 300 valence electrons. The van der Waals surface area contributed by atoms with Crippen LogP contribution in [0.2, 0.25) is 0 Å². The molecule has 1 saturated heterocycles. The summed E-state index contributed by atoms with van der Waals surface area (Å²) >= 11 is 6.07. The lowest BCUT2D eigenvalue weighted by Gasteiger charge is -2.68. The third-order valence-electron chi connectivity index (χ3n) is 13.0. The maximum atomic E-state index is 16.3. The fourth-order valence-electron chi connectivity index (χ4n) is 10.0. The summed E-state index contributed by atoms with van der Waals surface area (Å²) < 4.78 is 32.3. The molecule has 0 spiro atoms. The Hall–Kier alpha value is -2.79. The van der Waals surface area contributed by atoms with Crippen molar-refractivity contribution >= 4 is 64.8 Å². The SMILES string of the molecule is CC(=O)O[C@@]12CO[C@@H]1C[C@H](OC1Sc3ccccc3S1)[C@@]1(C)C(=O)[C@H](OC3Sc4ccccc4S3)C3=C(C)[C@@H](O)C[C@@](O)([C@@H](OC(=O)c4ccccc4)[C@H]21)C3(C)C. The van der Waals surface area contributed by atoms with Crippen LogP contribution in [-0.4, -0.2) is 85.8 Å². The molecule has 14 heteroatoms. The van der Waals surface area contributed by atoms with E-state index in [9.17, 15) is 19.8 Å². The highest BCUT2D eigenvalue weighted by Crippen LogP contribution is 2.66. The van der Waals surface area contributed by atoms with Gasteiger partial charge >= 0.3 is 11.9 Å². The summed E-state index contributed by atoms with van der Waals surface area (Å²) in [6, 6.07) is 24.4. The lowest BCUT2D eigenvalue weighted by Crippen LogP contribution is -2.82. The number of fused-ring (bicyclic) bond motifs is 7. The number of ketones is 1. The molecule has 3 aromatic rings. The number of Topliss-reactive ketones (excluding diaryl/α,β-unsaturated/α-hetero) is 1. The Morgan fingerprint density at radius 1 is 0.825 bits per heavy atom. The van der Waals surface area contributed by atoms with Gasteiger partial charge in [0.25, 0.3) is 0 Å². The Labute approximate surface area is 348 Å². The molecule has 0 aromatic heterocycles. The smallest absolute Gasteiger partial charge is 0.338 e. The third kappa shape index (κ3) is 6.18. The second kappa shape index (κ2) is 14.4. The van der Waals surface area contributed by atoms with E-state index in [4.69, 9.17) is 23.7 Å². The fraction of sp³-hybridized carbons (Fsp3) is 0.465. The zero-order valence-corrected chi connectivity index (χ0v) is 35.3. The number of hydrogen-bond acceptors (Lipinski definition) is 14. The van der Waals surface area contributed by atoms with Crippen molar-refractivity contribution in [3.63, 3.8) is 0 Å². The molecule has 0 unspecified atom stereocenters. The highest BCUT2D eigenvalue weighted by molar-refractivity contribution is 8.19. The average molecular weight is 849 g/mol. The number of thioether (sulfide) groups is 4. The molecular formula is C43H44O10S4. The van der Waals surface area contributed by atoms with E-state index in [-0.39, 0.29) is 30.8 Å². The van der Waals surface area contributed by atoms with Crippen LogP contribution in [0, 0.1) is 16.7 Å². The Balaban J connectivity index is 1.25. The number of benzene rings is 3. The van der Waals surface area contributed by atoms with Crippen LogP contribution in [0.5, 0.6) is 0 Å². The summed E-state index contributed by atoms with van der Waals surface area (Å²) in [5.74, 6) is -2.94. The van der Waals surface area contributed by atoms with Crippen molar-refractivity contribution in [2.24, 2.45) is 16.7 Å². The van der Waals surface area contributed by atoms with Crippen LogP contribution in [0.25, 0.3) is 0 Å². The standard InChI is InChI=1S/C43H44O10S4/c1-22-25(45)20-43(48)36(52-37(47)24-13-7-6-8-14-24)34-41(5,35(46)33(32(22)40(43,3)4)51-39-56-28-17-11-12-18-29(28)57-39)30(19-31-42(34,21-49-31)53-23(2)44)50-38-54-26-15-9-10-16-27(26)55-38/h6-18,25,30-31,33-34,36,38-39,45,48H,19-21H2,1-5H3/t25-,30-,31+,33+,34-,36-,41+,42-,43+/m0/s1. The summed E-state index contributed by atoms with van der Waals surface area (Å²) in [6.07, 6.45) is -5.72. The van der Waals surface area contributed by atoms with Gasteiger partial charge in [-0.1, -0.05) is 103 Å². The van der Waals surface area contributed by atoms with E-state index in [0.29, 0.717) is 11.1 Å². The normalized spacial score (nSPS) is 35.5. The number of aliphatic hydroxyl groups excluding tert-OH is 1. The summed E-state index contributed by atoms with van der Waals surface area (Å²) in [5.41, 5.74) is -5.33. The minimum Gasteiger partial charge on any atom is -0.455 e. The van der Waals surface area contributed by atoms with Crippen LogP contribution >= 0.6 is 47.0 Å². The molecule has 3 heterocycles. The monoisotopic (exact) mass is 848 g/mol. The van der Waals surface area contributed by atoms with E-state index in [1.165, 1.54) is 30.4 Å². The second-order valence-electron chi connectivity index (χ2n) is 16.3. The van der Waals surface area contributed by atoms with Gasteiger partial charge in [-0.25, -0.2) is 4.79 Å². The maximum Gasteiger partial charge on any atom is 0.338 e. The number of esters is 2. The second-order valence-corrected chi connectivity index (χ2v) is 21.4. The summed E-state index contributed by atoms with van der Waals surface area (Å²) in [5, 5.41) is 25.6. The predicted octanol–water partition coefficient (Wildman–Crippen LogP) is 7.49. The quantitative estimate of drug-likeness (QED) is 0.179. The van der Waals surface area contributed by atoms with Crippen molar-refractivity contribution < 1.29 is 48.3 Å². The van der Waals surface area contributed by atoms with Gasteiger partial charge in [0.15, 0.2) is 20.9 Å². The van der Waals surface area contributed by atoms with E-state index >= 15 is 4.79 Å². The first-order chi connectivity index (χ1) is 27.2. The topological polar surface area (TPSA) is 138 Å². The van der Waals surface area contributed by atoms with E-state index in [0.717, 1.165) is 19.6 Å². The van der Waals surface area contributed by atoms with Crippen molar-refractivity contribution in [1.82, 2.24) is 0 Å². The van der Waals surface area contributed by atoms with Crippen molar-refractivity contribution in [1.29, 1.82) is 0 Å². The van der Waals surface area contributed by atoms with Crippen molar-refractivity contribution in [3.05, 3.63) is 95.6 Å². The van der Waals surface area contributed by atoms with Crippen LogP contribution in [0.3, 0.4) is 0 Å². The zero-order chi connectivity index (χ0) is 40.1. The Kier molecular flexibility index (Phi) is 10.0. The lowest BCUT2D eigenvalue weighted by molar-refractivity contribution is -0.348. The minimum atomic E-state index is -2.03. The summed E-state index contributed by atoms with van der Waals surface area (Å²) in [7, 11) is 0. The van der Waals surface area contributed by atoms with Gasteiger partial charge in [0, 0.05) is 44.8 Å². The molecule has 2 bridgehead atoms. The van der Waals surface area contributed by atoms with Crippen molar-refractivity contribution in [3.8, 4) is 0 Å². The van der Waals surface area contributed by atoms with Crippen LogP contribution in [0.4, 0.5) is 0 Å². The number of aliphatic hydroxyl groups is 2. The van der Waals surface area contributed by atoms with Gasteiger partial charge in [0.05, 0.1) is 35.7 Å². The molecule has 57 heavy (non-hydrogen) atoms. The minimum absolute atomic E-state index is 0.106. The van der Waals surface area contributed by atoms with E-state index in [2.05, 4.69) is 0 Å². The average Bonchev–Trinajstić information content (AvgIpc) is 3.79. The highest BCUT2D eigenvalue weighted by Gasteiger charge is 2.78. The van der Waals surface area contributed by atoms with Crippen LogP contribution in [0.15, 0.2) is 110 Å². The molecule has 0 amide bonds. The fourth-order valence-corrected chi connectivity index (χ4v) is 15.2. The molecule has 2 saturated carbocycles. The number of carbonyl (C=O) groups excluding carboxylic acids is 3. The first kappa shape index (κ1) is 39.7. The molecule has 9 rings (SSSR count). The highest BCUT2D eigenvalue weighted by atomic mass is 32.2. The van der Waals surface area contributed by atoms with Gasteiger partial charge in [-0.15, -0.1) is 0 Å². The molecule has 6 aliphatic rings. The molecule has 3 aromatic carbocycles. The number of rotatable bonds is 7. The van der Waals surface area contributed by atoms with E-state index < -0.39 is 79.9 Å². The lowest BCUT2D eigenvalue weighted by atomic mass is 9.44. The summed E-state index contributed by atoms with van der Waals surface area (Å²) in [4.78, 5) is 48.0. The van der Waals surface area contributed by atoms with Gasteiger partial charge in [-0.05, 0) is 61.4 Å². The molecule has 2 N–H and O–H groups in total. The predicted molar refractivity (Wildman–Crippen MR) is 217 cm³/mol. The number of carbonyl (C=O) groups is 3. The molecular weight excluding hydrogens is 805 g/mol. The molecule has 3 aliphatic carbocycles. The van der Waals surface area contributed by atoms with Gasteiger partial charge < -0.3 is 33.9 Å². The Bertz CT molecular complexity index is 2110. The third-order valence-corrected chi connectivity index (χ3v) is 18.1. The van der Waals surface area contributed by atoms with Crippen LogP contribution in [0.1, 0.15) is 57.8 Å². The molecule has 3 aliphatic heterocycles. The Morgan fingerprint density at radius 3 is 1.89 bits per heavy atom. The van der Waals surface area contributed by atoms with Gasteiger partial charge in [0.2, 0.25) is 0 Å². The van der Waals surface area contributed by atoms with Crippen LogP contribution < -0.4 is 0 Å². The molecule has 3 fully saturated rings. The molecule has 0 radical (unpaired) electrons. The maximum absolute atomic E-state index is 16.3. The van der Waals surface area contributed by atoms with E-state index in [1.807, 2.05) is 62.4 Å². The number of hydrogen-bond donors (Lipinski definition) is 2. The van der Waals surface area contributed by atoms with Gasteiger partial charge in [0.1, 0.15) is 23.9 Å². The first-order valence-corrected chi connectivity index (χ1v) is 22.6. The Morgan fingerprint density at radius 2 is 1.37 bits per heavy atom. The molecule has 9 atom stereocenters. The van der Waals surface area contributed by atoms with Gasteiger partial charge in [-0.3, -0.25) is 9.59 Å². The van der Waals surface area contributed by atoms with Crippen molar-refractivity contribution in [2.75, 3.05) is 6.61 Å². The zero-order valence-electron chi connectivity index (χ0n) is 32.0. The van der Waals surface area contributed by atoms with Crippen molar-refractivity contribution in [2.45, 2.75) is 118 Å². The van der Waals surface area contributed by atoms with E-state index in [1.54, 1.807) is 67.7 Å². The van der Waals surface area contributed by atoms with Gasteiger partial charge in [-0.2, -0.15) is 0 Å². The van der Waals surface area contributed by atoms with Crippen LogP contribution in [-0.2, 0) is 33.3 Å². The first-order valence-electron chi connectivity index (χ1n) is 19.1. The number of ether oxygens (including phenoxy) is 5. The molecule has 10 nitrogen and oxygen atoms in total. The largest absolute Gasteiger partial charge is 0.455 e.